The molecule has 0 radical (unpaired) electrons. The van der Waals surface area contributed by atoms with Gasteiger partial charge in [-0.05, 0) is 85.1 Å². The molecule has 0 aliphatic heterocycles. The highest BCUT2D eigenvalue weighted by molar-refractivity contribution is 7.89. The lowest BCUT2D eigenvalue weighted by Gasteiger charge is -2.12. The van der Waals surface area contributed by atoms with Gasteiger partial charge in [0, 0.05) is 17.8 Å². The van der Waals surface area contributed by atoms with Crippen LogP contribution in [0.3, 0.4) is 0 Å². The number of rotatable bonds is 11. The molecule has 3 N–H and O–H groups in total. The fourth-order valence-corrected chi connectivity index (χ4v) is 4.47. The van der Waals surface area contributed by atoms with E-state index in [1.54, 1.807) is 36.4 Å². The van der Waals surface area contributed by atoms with Gasteiger partial charge in [-0.2, -0.15) is 0 Å². The molecule has 1 amide bonds. The lowest BCUT2D eigenvalue weighted by molar-refractivity contribution is 0.0977. The van der Waals surface area contributed by atoms with E-state index < -0.39 is 10.0 Å². The lowest BCUT2D eigenvalue weighted by atomic mass is 10.1. The Bertz CT molecular complexity index is 1240. The smallest absolute Gasteiger partial charge is 0.257 e. The summed E-state index contributed by atoms with van der Waals surface area (Å²) in [7, 11) is -3.64. The van der Waals surface area contributed by atoms with Crippen molar-refractivity contribution in [2.45, 2.75) is 31.6 Å². The number of carbonyl (C=O) groups is 1. The van der Waals surface area contributed by atoms with Crippen LogP contribution < -0.4 is 20.1 Å². The standard InChI is InChI=1S/C27H31N3O4S2/c1-20(2)17-19-34-24-12-8-22(9-13-24)26(31)30-27(35)29-23-10-14-25(15-11-23)36(32,33)28-18-16-21-6-4-3-5-7-21/h3-15,20,28H,16-19H2,1-2H3,(H2,29,30,31,35). The monoisotopic (exact) mass is 525 g/mol. The molecule has 0 unspecified atom stereocenters. The average Bonchev–Trinajstić information content (AvgIpc) is 2.85. The molecule has 0 fully saturated rings. The van der Waals surface area contributed by atoms with Crippen molar-refractivity contribution in [3.63, 3.8) is 0 Å². The summed E-state index contributed by atoms with van der Waals surface area (Å²) in [6, 6.07) is 22.7. The van der Waals surface area contributed by atoms with Gasteiger partial charge >= 0.3 is 0 Å². The van der Waals surface area contributed by atoms with Gasteiger partial charge in [0.25, 0.3) is 5.91 Å². The predicted molar refractivity (Wildman–Crippen MR) is 147 cm³/mol. The second-order valence-corrected chi connectivity index (χ2v) is 10.8. The molecule has 3 aromatic carbocycles. The number of nitrogens with one attached hydrogen (secondary N) is 3. The average molecular weight is 526 g/mol. The van der Waals surface area contributed by atoms with E-state index in [0.717, 1.165) is 12.0 Å². The second kappa shape index (κ2) is 13.2. The molecule has 0 spiro atoms. The lowest BCUT2D eigenvalue weighted by Crippen LogP contribution is -2.34. The number of carbonyl (C=O) groups excluding carboxylic acids is 1. The maximum absolute atomic E-state index is 12.5. The summed E-state index contributed by atoms with van der Waals surface area (Å²) in [5.41, 5.74) is 2.05. The number of benzene rings is 3. The number of hydrogen-bond acceptors (Lipinski definition) is 5. The molecule has 7 nitrogen and oxygen atoms in total. The van der Waals surface area contributed by atoms with Crippen LogP contribution in [0.5, 0.6) is 5.75 Å². The van der Waals surface area contributed by atoms with Gasteiger partial charge in [-0.25, -0.2) is 13.1 Å². The highest BCUT2D eigenvalue weighted by atomic mass is 32.2. The van der Waals surface area contributed by atoms with Crippen molar-refractivity contribution >= 4 is 38.9 Å². The van der Waals surface area contributed by atoms with E-state index in [1.165, 1.54) is 12.1 Å². The normalized spacial score (nSPS) is 11.2. The van der Waals surface area contributed by atoms with Crippen LogP contribution in [0, 0.1) is 5.92 Å². The summed E-state index contributed by atoms with van der Waals surface area (Å²) in [4.78, 5) is 12.6. The topological polar surface area (TPSA) is 96.5 Å². The van der Waals surface area contributed by atoms with Crippen LogP contribution >= 0.6 is 12.2 Å². The molecule has 0 aromatic heterocycles. The Hall–Kier alpha value is -3.27. The molecule has 190 valence electrons. The van der Waals surface area contributed by atoms with Crippen molar-refractivity contribution in [1.29, 1.82) is 0 Å². The molecule has 0 aliphatic rings. The van der Waals surface area contributed by atoms with Crippen molar-refractivity contribution in [2.24, 2.45) is 5.92 Å². The number of hydrogen-bond donors (Lipinski definition) is 3. The molecule has 0 atom stereocenters. The van der Waals surface area contributed by atoms with E-state index in [1.807, 2.05) is 30.3 Å². The number of sulfonamides is 1. The van der Waals surface area contributed by atoms with Crippen molar-refractivity contribution in [1.82, 2.24) is 10.0 Å². The second-order valence-electron chi connectivity index (χ2n) is 8.62. The maximum atomic E-state index is 12.5. The van der Waals surface area contributed by atoms with Crippen LogP contribution in [0.4, 0.5) is 5.69 Å². The van der Waals surface area contributed by atoms with Gasteiger partial charge in [0.2, 0.25) is 10.0 Å². The van der Waals surface area contributed by atoms with Crippen LogP contribution in [0.25, 0.3) is 0 Å². The zero-order valence-corrected chi connectivity index (χ0v) is 22.0. The molecule has 0 aliphatic carbocycles. The zero-order chi connectivity index (χ0) is 26.0. The third-order valence-electron chi connectivity index (χ3n) is 5.28. The predicted octanol–water partition coefficient (Wildman–Crippen LogP) is 4.76. The summed E-state index contributed by atoms with van der Waals surface area (Å²) in [5, 5.41) is 5.62. The largest absolute Gasteiger partial charge is 0.494 e. The molecular formula is C27H31N3O4S2. The van der Waals surface area contributed by atoms with Gasteiger partial charge < -0.3 is 10.1 Å². The number of amides is 1. The molecule has 3 rings (SSSR count). The molecule has 9 heteroatoms. The number of anilines is 1. The van der Waals surface area contributed by atoms with E-state index in [2.05, 4.69) is 29.2 Å². The quantitative estimate of drug-likeness (QED) is 0.313. The van der Waals surface area contributed by atoms with Gasteiger partial charge in [0.05, 0.1) is 11.5 Å². The summed E-state index contributed by atoms with van der Waals surface area (Å²) in [6.45, 7) is 5.19. The van der Waals surface area contributed by atoms with Crippen LogP contribution in [-0.4, -0.2) is 32.6 Å². The third-order valence-corrected chi connectivity index (χ3v) is 6.96. The van der Waals surface area contributed by atoms with Crippen LogP contribution in [-0.2, 0) is 16.4 Å². The van der Waals surface area contributed by atoms with E-state index in [4.69, 9.17) is 17.0 Å². The summed E-state index contributed by atoms with van der Waals surface area (Å²) in [5.74, 6) is 0.909. The molecule has 0 heterocycles. The minimum atomic E-state index is -3.64. The fraction of sp³-hybridized carbons (Fsp3) is 0.259. The Balaban J connectivity index is 1.47. The SMILES string of the molecule is CC(C)CCOc1ccc(C(=O)NC(=S)Nc2ccc(S(=O)(=O)NCCc3ccccc3)cc2)cc1. The minimum absolute atomic E-state index is 0.105. The van der Waals surface area contributed by atoms with E-state index in [-0.39, 0.29) is 15.9 Å². The molecule has 36 heavy (non-hydrogen) atoms. The van der Waals surface area contributed by atoms with Gasteiger partial charge in [-0.15, -0.1) is 0 Å². The number of ether oxygens (including phenoxy) is 1. The fourth-order valence-electron chi connectivity index (χ4n) is 3.23. The van der Waals surface area contributed by atoms with E-state index >= 15 is 0 Å². The van der Waals surface area contributed by atoms with Gasteiger partial charge in [0.15, 0.2) is 5.11 Å². The van der Waals surface area contributed by atoms with Crippen molar-refractivity contribution in [2.75, 3.05) is 18.5 Å². The first-order valence-corrected chi connectivity index (χ1v) is 13.6. The van der Waals surface area contributed by atoms with Crippen LogP contribution in [0.15, 0.2) is 83.8 Å². The summed E-state index contributed by atoms with van der Waals surface area (Å²) >= 11 is 5.23. The van der Waals surface area contributed by atoms with Gasteiger partial charge in [-0.1, -0.05) is 44.2 Å². The first kappa shape index (κ1) is 27.3. The highest BCUT2D eigenvalue weighted by Crippen LogP contribution is 2.15. The summed E-state index contributed by atoms with van der Waals surface area (Å²) in [6.07, 6.45) is 1.56. The zero-order valence-electron chi connectivity index (χ0n) is 20.4. The Morgan fingerprint density at radius 1 is 0.944 bits per heavy atom. The van der Waals surface area contributed by atoms with E-state index in [0.29, 0.717) is 42.5 Å². The van der Waals surface area contributed by atoms with Gasteiger partial charge in [-0.3, -0.25) is 10.1 Å². The Morgan fingerprint density at radius 3 is 2.25 bits per heavy atom. The Morgan fingerprint density at radius 2 is 1.61 bits per heavy atom. The molecule has 0 saturated heterocycles. The molecular weight excluding hydrogens is 494 g/mol. The first-order valence-electron chi connectivity index (χ1n) is 11.7. The third kappa shape index (κ3) is 8.75. The van der Waals surface area contributed by atoms with E-state index in [9.17, 15) is 13.2 Å². The molecule has 0 bridgehead atoms. The van der Waals surface area contributed by atoms with Gasteiger partial charge in [0.1, 0.15) is 5.75 Å². The molecule has 0 saturated carbocycles. The van der Waals surface area contributed by atoms with Crippen LogP contribution in [0.2, 0.25) is 0 Å². The van der Waals surface area contributed by atoms with Crippen molar-refractivity contribution in [3.05, 3.63) is 90.0 Å². The number of thiocarbonyl (C=S) groups is 1. The molecule has 3 aromatic rings. The van der Waals surface area contributed by atoms with Crippen molar-refractivity contribution < 1.29 is 17.9 Å². The first-order chi connectivity index (χ1) is 17.2. The highest BCUT2D eigenvalue weighted by Gasteiger charge is 2.14. The van der Waals surface area contributed by atoms with Crippen molar-refractivity contribution in [3.8, 4) is 5.75 Å². The summed E-state index contributed by atoms with van der Waals surface area (Å²) < 4.78 is 33.4. The Kier molecular flexibility index (Phi) is 9.98. The minimum Gasteiger partial charge on any atom is -0.494 e. The maximum Gasteiger partial charge on any atom is 0.257 e. The Labute approximate surface area is 218 Å². The van der Waals surface area contributed by atoms with Crippen LogP contribution in [0.1, 0.15) is 36.2 Å².